The van der Waals surface area contributed by atoms with Crippen LogP contribution in [0.5, 0.6) is 5.88 Å². The Hall–Kier alpha value is -2.87. The number of ether oxygens (including phenoxy) is 1. The Labute approximate surface area is 163 Å². The van der Waals surface area contributed by atoms with Gasteiger partial charge in [0.1, 0.15) is 18.0 Å². The summed E-state index contributed by atoms with van der Waals surface area (Å²) in [5.74, 6) is 0.983. The zero-order valence-corrected chi connectivity index (χ0v) is 16.3. The van der Waals surface area contributed by atoms with E-state index in [2.05, 4.69) is 61.3 Å². The molecule has 2 aliphatic rings. The van der Waals surface area contributed by atoms with Crippen LogP contribution in [0.15, 0.2) is 41.4 Å². The summed E-state index contributed by atoms with van der Waals surface area (Å²) in [5.41, 5.74) is 1.25. The zero-order valence-electron chi connectivity index (χ0n) is 16.3. The van der Waals surface area contributed by atoms with Gasteiger partial charge in [0.2, 0.25) is 5.88 Å². The van der Waals surface area contributed by atoms with E-state index in [0.29, 0.717) is 17.4 Å². The number of hydrogen-bond acceptors (Lipinski definition) is 6. The fraction of sp³-hybridized carbons (Fsp3) is 0.450. The molecule has 2 aromatic heterocycles. The second-order valence-corrected chi connectivity index (χ2v) is 7.30. The van der Waals surface area contributed by atoms with Gasteiger partial charge in [-0.2, -0.15) is 5.10 Å². The fourth-order valence-corrected chi connectivity index (χ4v) is 3.79. The van der Waals surface area contributed by atoms with Crippen LogP contribution in [0.3, 0.4) is 0 Å². The molecule has 0 aromatic carbocycles. The third kappa shape index (κ3) is 4.01. The van der Waals surface area contributed by atoms with Gasteiger partial charge in [0.05, 0.1) is 0 Å². The number of aromatic amines is 2. The van der Waals surface area contributed by atoms with E-state index >= 15 is 0 Å². The lowest BCUT2D eigenvalue weighted by Crippen LogP contribution is -2.45. The van der Waals surface area contributed by atoms with Crippen LogP contribution in [0.4, 0.5) is 0 Å². The van der Waals surface area contributed by atoms with E-state index in [9.17, 15) is 4.79 Å². The van der Waals surface area contributed by atoms with Gasteiger partial charge in [0, 0.05) is 31.9 Å². The molecular formula is C20H26N6O2. The van der Waals surface area contributed by atoms with Gasteiger partial charge < -0.3 is 9.64 Å². The molecule has 0 saturated carbocycles. The predicted molar refractivity (Wildman–Crippen MR) is 107 cm³/mol. The first-order chi connectivity index (χ1) is 13.6. The van der Waals surface area contributed by atoms with Crippen LogP contribution in [-0.4, -0.2) is 61.9 Å². The Bertz CT molecular complexity index is 931. The molecule has 8 nitrogen and oxygen atoms in total. The quantitative estimate of drug-likeness (QED) is 0.795. The topological polar surface area (TPSA) is 90.1 Å². The molecule has 148 valence electrons. The number of allylic oxidation sites excluding steroid dienone is 2. The third-order valence-electron chi connectivity index (χ3n) is 5.02. The van der Waals surface area contributed by atoms with Crippen molar-refractivity contribution in [2.75, 3.05) is 19.6 Å². The highest BCUT2D eigenvalue weighted by atomic mass is 16.5. The van der Waals surface area contributed by atoms with Crippen molar-refractivity contribution in [3.05, 3.63) is 52.6 Å². The first kappa shape index (κ1) is 18.5. The highest BCUT2D eigenvalue weighted by Gasteiger charge is 2.31. The van der Waals surface area contributed by atoms with Crippen molar-refractivity contribution < 1.29 is 4.74 Å². The lowest BCUT2D eigenvalue weighted by atomic mass is 10.2. The van der Waals surface area contributed by atoms with Gasteiger partial charge in [-0.25, -0.2) is 14.9 Å². The number of aryl methyl sites for hydroxylation is 1. The summed E-state index contributed by atoms with van der Waals surface area (Å²) in [6, 6.07) is 3.80. The molecule has 1 unspecified atom stereocenters. The summed E-state index contributed by atoms with van der Waals surface area (Å²) in [4.78, 5) is 23.3. The van der Waals surface area contributed by atoms with Crippen molar-refractivity contribution >= 4 is 0 Å². The monoisotopic (exact) mass is 382 g/mol. The van der Waals surface area contributed by atoms with Crippen LogP contribution in [-0.2, 0) is 0 Å². The van der Waals surface area contributed by atoms with E-state index in [-0.39, 0.29) is 18.0 Å². The summed E-state index contributed by atoms with van der Waals surface area (Å²) in [6.07, 6.45) is 11.1. The van der Waals surface area contributed by atoms with E-state index in [1.165, 1.54) is 0 Å². The molecule has 8 heteroatoms. The fourth-order valence-electron chi connectivity index (χ4n) is 3.79. The van der Waals surface area contributed by atoms with Crippen LogP contribution >= 0.6 is 0 Å². The Balaban J connectivity index is 1.44. The molecule has 4 rings (SSSR count). The summed E-state index contributed by atoms with van der Waals surface area (Å²) in [7, 11) is 0. The van der Waals surface area contributed by atoms with Crippen molar-refractivity contribution in [2.24, 2.45) is 0 Å². The van der Waals surface area contributed by atoms with Gasteiger partial charge in [-0.05, 0) is 43.5 Å². The van der Waals surface area contributed by atoms with E-state index in [0.717, 1.165) is 38.0 Å². The van der Waals surface area contributed by atoms with Gasteiger partial charge in [-0.1, -0.05) is 13.0 Å². The van der Waals surface area contributed by atoms with E-state index in [1.807, 2.05) is 19.1 Å². The SMILES string of the molecule is CCCN1C=CC=CC1N1CC[C@H](Oc2cc(C)cc(-c3n[nH]c(=O)[nH]3)n2)C1. The molecule has 1 saturated heterocycles. The molecule has 1 fully saturated rings. The first-order valence-electron chi connectivity index (χ1n) is 9.77. The number of nitrogens with zero attached hydrogens (tertiary/aromatic N) is 4. The van der Waals surface area contributed by atoms with Crippen LogP contribution in [0.25, 0.3) is 11.5 Å². The highest BCUT2D eigenvalue weighted by molar-refractivity contribution is 5.50. The molecule has 0 aliphatic carbocycles. The molecule has 28 heavy (non-hydrogen) atoms. The Morgan fingerprint density at radius 1 is 1.32 bits per heavy atom. The normalized spacial score (nSPS) is 22.1. The molecule has 2 aliphatic heterocycles. The molecule has 0 radical (unpaired) electrons. The Morgan fingerprint density at radius 2 is 2.21 bits per heavy atom. The second-order valence-electron chi connectivity index (χ2n) is 7.30. The predicted octanol–water partition coefficient (Wildman–Crippen LogP) is 2.04. The van der Waals surface area contributed by atoms with Crippen molar-refractivity contribution in [3.63, 3.8) is 0 Å². The van der Waals surface area contributed by atoms with Crippen molar-refractivity contribution in [3.8, 4) is 17.4 Å². The van der Waals surface area contributed by atoms with E-state index in [4.69, 9.17) is 4.74 Å². The van der Waals surface area contributed by atoms with Crippen molar-refractivity contribution in [1.82, 2.24) is 30.0 Å². The number of H-pyrrole nitrogens is 2. The number of pyridine rings is 1. The minimum atomic E-state index is -0.349. The molecule has 0 bridgehead atoms. The summed E-state index contributed by atoms with van der Waals surface area (Å²) >= 11 is 0. The van der Waals surface area contributed by atoms with Crippen LogP contribution in [0.1, 0.15) is 25.3 Å². The third-order valence-corrected chi connectivity index (χ3v) is 5.02. The summed E-state index contributed by atoms with van der Waals surface area (Å²) < 4.78 is 6.20. The minimum Gasteiger partial charge on any atom is -0.473 e. The van der Waals surface area contributed by atoms with Crippen molar-refractivity contribution in [2.45, 2.75) is 39.0 Å². The van der Waals surface area contributed by atoms with Crippen LogP contribution < -0.4 is 10.4 Å². The zero-order chi connectivity index (χ0) is 19.5. The molecule has 2 N–H and O–H groups in total. The van der Waals surface area contributed by atoms with Gasteiger partial charge in [0.15, 0.2) is 5.82 Å². The van der Waals surface area contributed by atoms with Crippen molar-refractivity contribution in [1.29, 1.82) is 0 Å². The number of nitrogens with one attached hydrogen (secondary N) is 2. The second kappa shape index (κ2) is 8.02. The number of likely N-dealkylation sites (tertiary alicyclic amines) is 1. The smallest absolute Gasteiger partial charge is 0.340 e. The molecule has 2 atom stereocenters. The average molecular weight is 382 g/mol. The molecule has 0 amide bonds. The largest absolute Gasteiger partial charge is 0.473 e. The standard InChI is InChI=1S/C20H26N6O2/c1-3-8-25-9-5-4-6-18(25)26-10-7-15(13-26)28-17-12-14(2)11-16(21-17)19-22-20(27)24-23-19/h4-6,9,11-12,15,18H,3,7-8,10,13H2,1-2H3,(H2,22,23,24,27)/t15-,18?/m0/s1. The number of hydrogen-bond donors (Lipinski definition) is 2. The Morgan fingerprint density at radius 3 is 3.00 bits per heavy atom. The first-order valence-corrected chi connectivity index (χ1v) is 9.77. The van der Waals surface area contributed by atoms with Crippen LogP contribution in [0, 0.1) is 6.92 Å². The summed E-state index contributed by atoms with van der Waals surface area (Å²) in [6.45, 7) is 7.06. The maximum atomic E-state index is 11.3. The molecule has 0 spiro atoms. The Kier molecular flexibility index (Phi) is 5.29. The van der Waals surface area contributed by atoms with Gasteiger partial charge >= 0.3 is 5.69 Å². The maximum absolute atomic E-state index is 11.3. The van der Waals surface area contributed by atoms with Gasteiger partial charge in [-0.15, -0.1) is 0 Å². The average Bonchev–Trinajstić information content (AvgIpc) is 3.31. The molecular weight excluding hydrogens is 356 g/mol. The number of aromatic nitrogens is 4. The van der Waals surface area contributed by atoms with Gasteiger partial charge in [-0.3, -0.25) is 9.88 Å². The molecule has 4 heterocycles. The minimum absolute atomic E-state index is 0.0863. The number of rotatable bonds is 6. The van der Waals surface area contributed by atoms with Gasteiger partial charge in [0.25, 0.3) is 0 Å². The highest BCUT2D eigenvalue weighted by Crippen LogP contribution is 2.24. The van der Waals surface area contributed by atoms with E-state index in [1.54, 1.807) is 0 Å². The van der Waals surface area contributed by atoms with Crippen LogP contribution in [0.2, 0.25) is 0 Å². The molecule has 2 aromatic rings. The lowest BCUT2D eigenvalue weighted by Gasteiger charge is -2.36. The van der Waals surface area contributed by atoms with E-state index < -0.39 is 0 Å². The maximum Gasteiger partial charge on any atom is 0.340 e. The summed E-state index contributed by atoms with van der Waals surface area (Å²) in [5, 5.41) is 6.33. The lowest BCUT2D eigenvalue weighted by molar-refractivity contribution is 0.116.